The Morgan fingerprint density at radius 1 is 1.47 bits per heavy atom. The molecule has 5 N–H and O–H groups in total. The summed E-state index contributed by atoms with van der Waals surface area (Å²) in [7, 11) is 0. The van der Waals surface area contributed by atoms with Gasteiger partial charge in [0.1, 0.15) is 0 Å². The summed E-state index contributed by atoms with van der Waals surface area (Å²) in [4.78, 5) is 11.5. The summed E-state index contributed by atoms with van der Waals surface area (Å²) in [5.41, 5.74) is 9.49. The summed E-state index contributed by atoms with van der Waals surface area (Å²) in [6.07, 6.45) is 0.982. The molecule has 17 heavy (non-hydrogen) atoms. The van der Waals surface area contributed by atoms with Crippen LogP contribution in [0, 0.1) is 0 Å². The maximum Gasteiger partial charge on any atom is 0.265 e. The molecule has 0 saturated carbocycles. The van der Waals surface area contributed by atoms with E-state index in [2.05, 4.69) is 5.43 Å². The van der Waals surface area contributed by atoms with E-state index in [4.69, 9.17) is 11.6 Å². The van der Waals surface area contributed by atoms with E-state index in [1.165, 1.54) is 0 Å². The third kappa shape index (κ3) is 4.77. The number of hydrogen-bond donors (Lipinski definition) is 3. The van der Waals surface area contributed by atoms with Crippen LogP contribution >= 0.6 is 11.8 Å². The normalized spacial score (nSPS) is 12.2. The van der Waals surface area contributed by atoms with E-state index in [9.17, 15) is 4.79 Å². The van der Waals surface area contributed by atoms with Crippen LogP contribution in [0.3, 0.4) is 0 Å². The molecule has 94 valence electrons. The monoisotopic (exact) mass is 253 g/mol. The number of amides is 1. The lowest BCUT2D eigenvalue weighted by atomic mass is 10.1. The van der Waals surface area contributed by atoms with Crippen LogP contribution in [0.2, 0.25) is 0 Å². The van der Waals surface area contributed by atoms with Crippen molar-refractivity contribution in [2.75, 3.05) is 5.75 Å². The fourth-order valence-corrected chi connectivity index (χ4v) is 2.55. The van der Waals surface area contributed by atoms with Crippen LogP contribution in [0.25, 0.3) is 0 Å². The number of carbonyl (C=O) groups is 1. The van der Waals surface area contributed by atoms with Crippen LogP contribution in [0.1, 0.15) is 29.3 Å². The summed E-state index contributed by atoms with van der Waals surface area (Å²) in [6.45, 7) is 2.00. The largest absolute Gasteiger partial charge is 0.328 e. The Morgan fingerprint density at radius 2 is 2.18 bits per heavy atom. The van der Waals surface area contributed by atoms with Gasteiger partial charge in [-0.05, 0) is 30.7 Å². The van der Waals surface area contributed by atoms with Crippen LogP contribution in [-0.2, 0) is 5.75 Å². The van der Waals surface area contributed by atoms with Crippen LogP contribution in [0.15, 0.2) is 24.3 Å². The molecule has 1 atom stereocenters. The molecule has 0 fully saturated rings. The van der Waals surface area contributed by atoms with Gasteiger partial charge in [0.25, 0.3) is 5.91 Å². The number of hydrazine groups is 1. The standard InChI is InChI=1S/C12H19N3OS/c1-9(13)6-7-17-8-10-4-2-3-5-11(10)12(16)15-14/h2-5,9H,6-8,13-14H2,1H3,(H,15,16). The van der Waals surface area contributed by atoms with E-state index >= 15 is 0 Å². The highest BCUT2D eigenvalue weighted by molar-refractivity contribution is 7.98. The highest BCUT2D eigenvalue weighted by Gasteiger charge is 2.08. The van der Waals surface area contributed by atoms with Crippen molar-refractivity contribution in [3.05, 3.63) is 35.4 Å². The van der Waals surface area contributed by atoms with Gasteiger partial charge in [-0.3, -0.25) is 10.2 Å². The van der Waals surface area contributed by atoms with Gasteiger partial charge in [0.15, 0.2) is 0 Å². The summed E-state index contributed by atoms with van der Waals surface area (Å²) in [6, 6.07) is 7.72. The average Bonchev–Trinajstić information content (AvgIpc) is 2.34. The fourth-order valence-electron chi connectivity index (χ4n) is 1.40. The third-order valence-corrected chi connectivity index (χ3v) is 3.41. The molecule has 1 unspecified atom stereocenters. The predicted octanol–water partition coefficient (Wildman–Crippen LogP) is 1.26. The molecule has 0 bridgehead atoms. The van der Waals surface area contributed by atoms with Crippen molar-refractivity contribution in [2.24, 2.45) is 11.6 Å². The summed E-state index contributed by atoms with van der Waals surface area (Å²) >= 11 is 1.78. The molecule has 0 aliphatic rings. The number of nitrogens with one attached hydrogen (secondary N) is 1. The lowest BCUT2D eigenvalue weighted by Gasteiger charge is -2.08. The van der Waals surface area contributed by atoms with Gasteiger partial charge in [-0.2, -0.15) is 11.8 Å². The Balaban J connectivity index is 2.55. The van der Waals surface area contributed by atoms with Gasteiger partial charge in [-0.25, -0.2) is 5.84 Å². The van der Waals surface area contributed by atoms with Crippen molar-refractivity contribution in [1.29, 1.82) is 0 Å². The predicted molar refractivity (Wildman–Crippen MR) is 72.5 cm³/mol. The second kappa shape index (κ2) is 7.32. The maximum atomic E-state index is 11.5. The van der Waals surface area contributed by atoms with Gasteiger partial charge in [-0.15, -0.1) is 0 Å². The van der Waals surface area contributed by atoms with Crippen LogP contribution in [-0.4, -0.2) is 17.7 Å². The number of rotatable bonds is 6. The zero-order valence-corrected chi connectivity index (χ0v) is 10.8. The second-order valence-corrected chi connectivity index (χ2v) is 5.05. The molecule has 0 aromatic heterocycles. The first kappa shape index (κ1) is 14.0. The molecule has 4 nitrogen and oxygen atoms in total. The van der Waals surface area contributed by atoms with Crippen LogP contribution in [0.4, 0.5) is 0 Å². The molecular formula is C12H19N3OS. The number of nitrogen functional groups attached to an aromatic ring is 1. The van der Waals surface area contributed by atoms with E-state index in [-0.39, 0.29) is 11.9 Å². The number of carbonyl (C=O) groups excluding carboxylic acids is 1. The van der Waals surface area contributed by atoms with Gasteiger partial charge < -0.3 is 5.73 Å². The van der Waals surface area contributed by atoms with Crippen molar-refractivity contribution in [2.45, 2.75) is 25.1 Å². The molecule has 5 heteroatoms. The average molecular weight is 253 g/mol. The Labute approximate surface area is 106 Å². The molecule has 0 saturated heterocycles. The van der Waals surface area contributed by atoms with E-state index in [0.717, 1.165) is 23.5 Å². The summed E-state index contributed by atoms with van der Waals surface area (Å²) in [5, 5.41) is 0. The highest BCUT2D eigenvalue weighted by Crippen LogP contribution is 2.17. The first-order chi connectivity index (χ1) is 8.15. The van der Waals surface area contributed by atoms with E-state index in [0.29, 0.717) is 5.56 Å². The van der Waals surface area contributed by atoms with Gasteiger partial charge in [0, 0.05) is 17.4 Å². The molecule has 0 radical (unpaired) electrons. The van der Waals surface area contributed by atoms with Crippen molar-refractivity contribution >= 4 is 17.7 Å². The molecule has 1 rings (SSSR count). The summed E-state index contributed by atoms with van der Waals surface area (Å²) in [5.74, 6) is 6.70. The molecule has 0 aliphatic carbocycles. The van der Waals surface area contributed by atoms with Gasteiger partial charge >= 0.3 is 0 Å². The van der Waals surface area contributed by atoms with Crippen molar-refractivity contribution in [1.82, 2.24) is 5.43 Å². The SMILES string of the molecule is CC(N)CCSCc1ccccc1C(=O)NN. The second-order valence-electron chi connectivity index (χ2n) is 3.95. The Bertz CT molecular complexity index is 369. The number of benzene rings is 1. The minimum atomic E-state index is -0.242. The van der Waals surface area contributed by atoms with Gasteiger partial charge in [-0.1, -0.05) is 18.2 Å². The lowest BCUT2D eigenvalue weighted by Crippen LogP contribution is -2.30. The zero-order chi connectivity index (χ0) is 12.7. The van der Waals surface area contributed by atoms with Crippen molar-refractivity contribution < 1.29 is 4.79 Å². The Hall–Kier alpha value is -1.04. The summed E-state index contributed by atoms with van der Waals surface area (Å²) < 4.78 is 0. The van der Waals surface area contributed by atoms with E-state index in [1.54, 1.807) is 17.8 Å². The maximum absolute atomic E-state index is 11.5. The van der Waals surface area contributed by atoms with Crippen LogP contribution < -0.4 is 17.0 Å². The molecule has 1 aromatic rings. The molecular weight excluding hydrogens is 234 g/mol. The minimum Gasteiger partial charge on any atom is -0.328 e. The lowest BCUT2D eigenvalue weighted by molar-refractivity contribution is 0.0953. The smallest absolute Gasteiger partial charge is 0.265 e. The Morgan fingerprint density at radius 3 is 2.82 bits per heavy atom. The number of nitrogens with two attached hydrogens (primary N) is 2. The molecule has 0 spiro atoms. The molecule has 1 aromatic carbocycles. The van der Waals surface area contributed by atoms with Gasteiger partial charge in [0.2, 0.25) is 0 Å². The number of thioether (sulfide) groups is 1. The Kier molecular flexibility index (Phi) is 6.04. The highest BCUT2D eigenvalue weighted by atomic mass is 32.2. The fraction of sp³-hybridized carbons (Fsp3) is 0.417. The minimum absolute atomic E-state index is 0.227. The van der Waals surface area contributed by atoms with E-state index in [1.807, 2.05) is 25.1 Å². The van der Waals surface area contributed by atoms with Gasteiger partial charge in [0.05, 0.1) is 0 Å². The quantitative estimate of drug-likeness (QED) is 0.308. The topological polar surface area (TPSA) is 81.1 Å². The molecule has 1 amide bonds. The van der Waals surface area contributed by atoms with Crippen LogP contribution in [0.5, 0.6) is 0 Å². The van der Waals surface area contributed by atoms with Crippen molar-refractivity contribution in [3.63, 3.8) is 0 Å². The zero-order valence-electron chi connectivity index (χ0n) is 9.98. The van der Waals surface area contributed by atoms with Crippen molar-refractivity contribution in [3.8, 4) is 0 Å². The van der Waals surface area contributed by atoms with E-state index < -0.39 is 0 Å². The first-order valence-electron chi connectivity index (χ1n) is 5.57. The number of hydrogen-bond acceptors (Lipinski definition) is 4. The third-order valence-electron chi connectivity index (χ3n) is 2.37. The molecule has 0 heterocycles. The first-order valence-corrected chi connectivity index (χ1v) is 6.72. The molecule has 0 aliphatic heterocycles.